The highest BCUT2D eigenvalue weighted by Gasteiger charge is 2.57. The third-order valence-electron chi connectivity index (χ3n) is 5.12. The number of hydrogen-bond acceptors (Lipinski definition) is 5. The van der Waals surface area contributed by atoms with Crippen molar-refractivity contribution in [1.29, 1.82) is 0 Å². The highest BCUT2D eigenvalue weighted by Crippen LogP contribution is 2.44. The molecule has 0 unspecified atom stereocenters. The molecule has 0 radical (unpaired) electrons. The Labute approximate surface area is 165 Å². The molecule has 0 bridgehead atoms. The van der Waals surface area contributed by atoms with Gasteiger partial charge in [0.25, 0.3) is 5.91 Å². The van der Waals surface area contributed by atoms with E-state index < -0.39 is 17.5 Å². The zero-order valence-electron chi connectivity index (χ0n) is 16.6. The van der Waals surface area contributed by atoms with Crippen molar-refractivity contribution < 1.29 is 28.1 Å². The normalized spacial score (nSPS) is 31.2. The number of carbonyl (C=O) groups excluding carboxylic acids is 1. The molecule has 1 heterocycles. The fourth-order valence-corrected chi connectivity index (χ4v) is 3.98. The topological polar surface area (TPSA) is 66.0 Å². The Morgan fingerprint density at radius 3 is 2.86 bits per heavy atom. The van der Waals surface area contributed by atoms with Gasteiger partial charge in [-0.25, -0.2) is 4.39 Å². The van der Waals surface area contributed by atoms with Gasteiger partial charge in [-0.1, -0.05) is 18.2 Å². The van der Waals surface area contributed by atoms with E-state index in [4.69, 9.17) is 18.9 Å². The quantitative estimate of drug-likeness (QED) is 0.722. The number of hydrogen-bond donors (Lipinski definition) is 1. The maximum Gasteiger partial charge on any atom is 0.252 e. The van der Waals surface area contributed by atoms with Gasteiger partial charge in [-0.2, -0.15) is 0 Å². The summed E-state index contributed by atoms with van der Waals surface area (Å²) in [7, 11) is 1.57. The van der Waals surface area contributed by atoms with Crippen LogP contribution in [-0.2, 0) is 30.3 Å². The Hall–Kier alpha value is -1.80. The van der Waals surface area contributed by atoms with Crippen LogP contribution in [0.5, 0.6) is 0 Å². The van der Waals surface area contributed by atoms with Crippen LogP contribution >= 0.6 is 0 Å². The van der Waals surface area contributed by atoms with Gasteiger partial charge in [0.15, 0.2) is 11.4 Å². The second-order valence-electron chi connectivity index (χ2n) is 7.70. The van der Waals surface area contributed by atoms with E-state index in [0.29, 0.717) is 25.0 Å². The highest BCUT2D eigenvalue weighted by molar-refractivity contribution is 5.85. The summed E-state index contributed by atoms with van der Waals surface area (Å²) in [5, 5.41) is 2.69. The van der Waals surface area contributed by atoms with Gasteiger partial charge in [0.1, 0.15) is 11.9 Å². The van der Waals surface area contributed by atoms with Crippen LogP contribution in [0.15, 0.2) is 36.9 Å². The van der Waals surface area contributed by atoms with Crippen molar-refractivity contribution in [3.05, 3.63) is 48.3 Å². The number of halogens is 1. The summed E-state index contributed by atoms with van der Waals surface area (Å²) in [6.45, 7) is 7.79. The monoisotopic (exact) mass is 393 g/mol. The van der Waals surface area contributed by atoms with E-state index in [2.05, 4.69) is 11.9 Å². The number of carbonyl (C=O) groups is 1. The fourth-order valence-electron chi connectivity index (χ4n) is 3.98. The molecule has 1 aliphatic heterocycles. The molecule has 1 aromatic carbocycles. The van der Waals surface area contributed by atoms with E-state index >= 15 is 0 Å². The van der Waals surface area contributed by atoms with E-state index in [9.17, 15) is 9.18 Å². The average molecular weight is 393 g/mol. The molecule has 2 aliphatic rings. The van der Waals surface area contributed by atoms with Gasteiger partial charge in [0, 0.05) is 19.9 Å². The number of fused-ring (bicyclic) bond motifs is 1. The Bertz CT molecular complexity index is 725. The number of benzene rings is 1. The molecule has 0 spiro atoms. The maximum absolute atomic E-state index is 13.5. The van der Waals surface area contributed by atoms with Crippen LogP contribution in [0.4, 0.5) is 4.39 Å². The molecule has 0 aromatic heterocycles. The first-order valence-corrected chi connectivity index (χ1v) is 9.47. The van der Waals surface area contributed by atoms with Crippen molar-refractivity contribution in [3.8, 4) is 0 Å². The summed E-state index contributed by atoms with van der Waals surface area (Å²) in [6.07, 6.45) is 1.22. The molecule has 1 aromatic rings. The summed E-state index contributed by atoms with van der Waals surface area (Å²) in [4.78, 5) is 12.9. The minimum atomic E-state index is -1.17. The summed E-state index contributed by atoms with van der Waals surface area (Å²) in [5.74, 6) is -1.38. The van der Waals surface area contributed by atoms with Crippen LogP contribution in [0.3, 0.4) is 0 Å². The summed E-state index contributed by atoms with van der Waals surface area (Å²) in [5.41, 5.74) is -0.518. The maximum atomic E-state index is 13.5. The smallest absolute Gasteiger partial charge is 0.252 e. The molecule has 4 atom stereocenters. The number of ether oxygens (including phenoxy) is 4. The molecule has 3 rings (SSSR count). The van der Waals surface area contributed by atoms with Gasteiger partial charge in [-0.3, -0.25) is 4.79 Å². The summed E-state index contributed by atoms with van der Waals surface area (Å²) < 4.78 is 37.6. The van der Waals surface area contributed by atoms with E-state index in [1.807, 2.05) is 13.8 Å². The number of likely N-dealkylation sites (N-methyl/N-ethyl adjacent to an activating group) is 1. The van der Waals surface area contributed by atoms with Gasteiger partial charge >= 0.3 is 0 Å². The first-order valence-electron chi connectivity index (χ1n) is 9.47. The SMILES string of the molecule is C=CCO[C@H]1C[C@](OCc2cccc(F)c2)(C(=O)NC)C[C@H]2OC(C)(C)O[C@@H]12. The minimum Gasteiger partial charge on any atom is -0.371 e. The molecule has 6 nitrogen and oxygen atoms in total. The van der Waals surface area contributed by atoms with Gasteiger partial charge in [-0.15, -0.1) is 6.58 Å². The van der Waals surface area contributed by atoms with Crippen LogP contribution in [0.1, 0.15) is 32.3 Å². The van der Waals surface area contributed by atoms with Gasteiger partial charge in [0.2, 0.25) is 0 Å². The lowest BCUT2D eigenvalue weighted by atomic mass is 9.78. The largest absolute Gasteiger partial charge is 0.371 e. The zero-order chi connectivity index (χ0) is 20.4. The Morgan fingerprint density at radius 2 is 2.18 bits per heavy atom. The van der Waals surface area contributed by atoms with Crippen LogP contribution in [0.25, 0.3) is 0 Å². The molecule has 2 fully saturated rings. The lowest BCUT2D eigenvalue weighted by Crippen LogP contribution is -2.59. The first-order chi connectivity index (χ1) is 13.3. The van der Waals surface area contributed by atoms with E-state index in [1.54, 1.807) is 25.3 Å². The second kappa shape index (κ2) is 8.29. The van der Waals surface area contributed by atoms with Gasteiger partial charge < -0.3 is 24.3 Å². The van der Waals surface area contributed by atoms with Crippen LogP contribution in [0, 0.1) is 5.82 Å². The highest BCUT2D eigenvalue weighted by atomic mass is 19.1. The lowest BCUT2D eigenvalue weighted by Gasteiger charge is -2.43. The van der Waals surface area contributed by atoms with Crippen LogP contribution in [-0.4, -0.2) is 49.3 Å². The molecular formula is C21H28FNO5. The first kappa shape index (κ1) is 20.9. The van der Waals surface area contributed by atoms with Gasteiger partial charge in [0.05, 0.1) is 25.4 Å². The van der Waals surface area contributed by atoms with Crippen molar-refractivity contribution in [1.82, 2.24) is 5.32 Å². The standard InChI is InChI=1S/C21H28FNO5/c1-5-9-25-16-11-21(19(24)23-4,12-17-18(16)28-20(2,3)27-17)26-13-14-7-6-8-15(22)10-14/h5-8,10,16-18H,1,9,11-13H2,2-4H3,(H,23,24)/t16-,17+,18-,21+/m0/s1. The van der Waals surface area contributed by atoms with Crippen molar-refractivity contribution >= 4 is 5.91 Å². The number of nitrogens with one attached hydrogen (secondary N) is 1. The molecule has 1 aliphatic carbocycles. The number of rotatable bonds is 7. The fraction of sp³-hybridized carbons (Fsp3) is 0.571. The lowest BCUT2D eigenvalue weighted by molar-refractivity contribution is -0.179. The molecule has 28 heavy (non-hydrogen) atoms. The molecule has 1 N–H and O–H groups in total. The predicted octanol–water partition coefficient (Wildman–Crippen LogP) is 2.71. The number of amides is 1. The Morgan fingerprint density at radius 1 is 1.39 bits per heavy atom. The van der Waals surface area contributed by atoms with E-state index in [1.165, 1.54) is 12.1 Å². The molecule has 1 saturated carbocycles. The van der Waals surface area contributed by atoms with Crippen molar-refractivity contribution in [2.75, 3.05) is 13.7 Å². The molecule has 1 amide bonds. The second-order valence-corrected chi connectivity index (χ2v) is 7.70. The Balaban J connectivity index is 1.85. The molecule has 7 heteroatoms. The molecular weight excluding hydrogens is 365 g/mol. The Kier molecular flexibility index (Phi) is 6.19. The molecule has 1 saturated heterocycles. The third kappa shape index (κ3) is 4.43. The van der Waals surface area contributed by atoms with Crippen molar-refractivity contribution in [2.45, 2.75) is 63.0 Å². The van der Waals surface area contributed by atoms with E-state index in [-0.39, 0.29) is 30.5 Å². The average Bonchev–Trinajstić information content (AvgIpc) is 2.97. The van der Waals surface area contributed by atoms with Crippen LogP contribution < -0.4 is 5.32 Å². The van der Waals surface area contributed by atoms with Gasteiger partial charge in [-0.05, 0) is 31.5 Å². The van der Waals surface area contributed by atoms with Crippen LogP contribution in [0.2, 0.25) is 0 Å². The molecule has 154 valence electrons. The zero-order valence-corrected chi connectivity index (χ0v) is 16.6. The van der Waals surface area contributed by atoms with Crippen molar-refractivity contribution in [3.63, 3.8) is 0 Å². The summed E-state index contributed by atoms with van der Waals surface area (Å²) >= 11 is 0. The van der Waals surface area contributed by atoms with E-state index in [0.717, 1.165) is 0 Å². The minimum absolute atomic E-state index is 0.0982. The van der Waals surface area contributed by atoms with Crippen molar-refractivity contribution in [2.24, 2.45) is 0 Å². The third-order valence-corrected chi connectivity index (χ3v) is 5.12. The predicted molar refractivity (Wildman–Crippen MR) is 101 cm³/mol. The summed E-state index contributed by atoms with van der Waals surface area (Å²) in [6, 6.07) is 6.14.